The molecule has 1 aliphatic rings. The van der Waals surface area contributed by atoms with Gasteiger partial charge < -0.3 is 5.32 Å². The largest absolute Gasteiger partial charge is 0.358 e. The zero-order chi connectivity index (χ0) is 15.7. The molecule has 2 heterocycles. The quantitative estimate of drug-likeness (QED) is 0.889. The van der Waals surface area contributed by atoms with Gasteiger partial charge in [0.05, 0.1) is 11.3 Å². The predicted molar refractivity (Wildman–Crippen MR) is 81.8 cm³/mol. The van der Waals surface area contributed by atoms with Crippen molar-refractivity contribution in [3.8, 4) is 0 Å². The molecule has 6 heteroatoms. The van der Waals surface area contributed by atoms with Crippen molar-refractivity contribution in [2.75, 3.05) is 5.32 Å². The number of aromatic nitrogens is 1. The Bertz CT molecular complexity index is 744. The van der Waals surface area contributed by atoms with Crippen LogP contribution in [-0.4, -0.2) is 21.8 Å². The van der Waals surface area contributed by atoms with Gasteiger partial charge in [-0.25, -0.2) is 5.01 Å². The topological polar surface area (TPSA) is 74.3 Å². The fourth-order valence-corrected chi connectivity index (χ4v) is 2.46. The van der Waals surface area contributed by atoms with Gasteiger partial charge in [0.1, 0.15) is 0 Å². The van der Waals surface area contributed by atoms with Crippen molar-refractivity contribution < 1.29 is 9.59 Å². The first-order valence-electron chi connectivity index (χ1n) is 6.96. The SMILES string of the molecule is CC(=O)NN1C(=O)c2ccccc2NC1c1cccc(C)n1. The van der Waals surface area contributed by atoms with E-state index in [2.05, 4.69) is 15.7 Å². The number of hydrogen-bond acceptors (Lipinski definition) is 4. The van der Waals surface area contributed by atoms with Crippen molar-refractivity contribution in [3.63, 3.8) is 0 Å². The minimum absolute atomic E-state index is 0.266. The second kappa shape index (κ2) is 5.48. The molecule has 3 rings (SSSR count). The number of fused-ring (bicyclic) bond motifs is 1. The molecule has 1 aliphatic heterocycles. The number of nitrogens with zero attached hydrogens (tertiary/aromatic N) is 2. The van der Waals surface area contributed by atoms with Gasteiger partial charge in [-0.2, -0.15) is 0 Å². The highest BCUT2D eigenvalue weighted by molar-refractivity contribution is 6.02. The lowest BCUT2D eigenvalue weighted by Crippen LogP contribution is -2.52. The van der Waals surface area contributed by atoms with Crippen molar-refractivity contribution in [2.45, 2.75) is 20.0 Å². The van der Waals surface area contributed by atoms with Crippen LogP contribution in [-0.2, 0) is 4.79 Å². The molecular weight excluding hydrogens is 280 g/mol. The Morgan fingerprint density at radius 2 is 2.00 bits per heavy atom. The number of benzene rings is 1. The molecule has 1 aromatic carbocycles. The second-order valence-electron chi connectivity index (χ2n) is 5.14. The van der Waals surface area contributed by atoms with Crippen LogP contribution in [0.5, 0.6) is 0 Å². The van der Waals surface area contributed by atoms with Crippen molar-refractivity contribution in [1.82, 2.24) is 15.4 Å². The van der Waals surface area contributed by atoms with Gasteiger partial charge in [-0.05, 0) is 31.2 Å². The van der Waals surface area contributed by atoms with E-state index in [1.54, 1.807) is 12.1 Å². The maximum atomic E-state index is 12.7. The first-order chi connectivity index (χ1) is 10.6. The summed E-state index contributed by atoms with van der Waals surface area (Å²) in [6, 6.07) is 12.8. The average Bonchev–Trinajstić information content (AvgIpc) is 2.49. The molecule has 1 aromatic heterocycles. The number of anilines is 1. The second-order valence-corrected chi connectivity index (χ2v) is 5.14. The number of rotatable bonds is 2. The molecule has 6 nitrogen and oxygen atoms in total. The molecule has 0 bridgehead atoms. The predicted octanol–water partition coefficient (Wildman–Crippen LogP) is 2.01. The Labute approximate surface area is 128 Å². The summed E-state index contributed by atoms with van der Waals surface area (Å²) >= 11 is 0. The van der Waals surface area contributed by atoms with Crippen LogP contribution in [0.3, 0.4) is 0 Å². The molecule has 0 fully saturated rings. The van der Waals surface area contributed by atoms with E-state index in [1.165, 1.54) is 11.9 Å². The van der Waals surface area contributed by atoms with Gasteiger partial charge in [-0.3, -0.25) is 20.0 Å². The van der Waals surface area contributed by atoms with Crippen molar-refractivity contribution in [2.24, 2.45) is 0 Å². The van der Waals surface area contributed by atoms with Crippen LogP contribution < -0.4 is 10.7 Å². The van der Waals surface area contributed by atoms with Gasteiger partial charge in [-0.15, -0.1) is 0 Å². The molecule has 112 valence electrons. The standard InChI is InChI=1S/C16H16N4O2/c1-10-6-5-9-14(17-10)15-18-13-8-4-3-7-12(13)16(22)20(15)19-11(2)21/h3-9,15,18H,1-2H3,(H,19,21). The third-order valence-corrected chi connectivity index (χ3v) is 3.39. The molecule has 0 saturated carbocycles. The summed E-state index contributed by atoms with van der Waals surface area (Å²) in [6.45, 7) is 3.25. The van der Waals surface area contributed by atoms with Gasteiger partial charge >= 0.3 is 0 Å². The Kier molecular flexibility index (Phi) is 3.50. The van der Waals surface area contributed by atoms with Crippen molar-refractivity contribution in [3.05, 3.63) is 59.4 Å². The third-order valence-electron chi connectivity index (χ3n) is 3.39. The molecule has 1 atom stereocenters. The highest BCUT2D eigenvalue weighted by Gasteiger charge is 2.34. The summed E-state index contributed by atoms with van der Waals surface area (Å²) in [5, 5.41) is 4.54. The average molecular weight is 296 g/mol. The van der Waals surface area contributed by atoms with Crippen LogP contribution in [0.15, 0.2) is 42.5 Å². The summed E-state index contributed by atoms with van der Waals surface area (Å²) in [4.78, 5) is 28.6. The molecule has 0 aliphatic carbocycles. The van der Waals surface area contributed by atoms with Crippen LogP contribution in [0.25, 0.3) is 0 Å². The van der Waals surface area contributed by atoms with Gasteiger partial charge in [0.2, 0.25) is 5.91 Å². The van der Waals surface area contributed by atoms with Gasteiger partial charge in [0, 0.05) is 18.3 Å². The van der Waals surface area contributed by atoms with E-state index in [0.717, 1.165) is 11.4 Å². The maximum Gasteiger partial charge on any atom is 0.276 e. The summed E-state index contributed by atoms with van der Waals surface area (Å²) in [5.74, 6) is -0.579. The summed E-state index contributed by atoms with van der Waals surface area (Å²) in [6.07, 6.45) is -0.550. The first-order valence-corrected chi connectivity index (χ1v) is 6.96. The van der Waals surface area contributed by atoms with Crippen LogP contribution in [0, 0.1) is 6.92 Å². The molecular formula is C16H16N4O2. The van der Waals surface area contributed by atoms with E-state index in [9.17, 15) is 9.59 Å². The lowest BCUT2D eigenvalue weighted by Gasteiger charge is -2.36. The number of para-hydroxylation sites is 1. The van der Waals surface area contributed by atoms with E-state index in [-0.39, 0.29) is 11.8 Å². The fraction of sp³-hybridized carbons (Fsp3) is 0.188. The van der Waals surface area contributed by atoms with E-state index in [4.69, 9.17) is 0 Å². The normalized spacial score (nSPS) is 16.7. The number of carbonyl (C=O) groups excluding carboxylic acids is 2. The lowest BCUT2D eigenvalue weighted by atomic mass is 10.1. The van der Waals surface area contributed by atoms with Crippen LogP contribution in [0.2, 0.25) is 0 Å². The van der Waals surface area contributed by atoms with Crippen LogP contribution >= 0.6 is 0 Å². The zero-order valence-electron chi connectivity index (χ0n) is 12.3. The van der Waals surface area contributed by atoms with E-state index >= 15 is 0 Å². The van der Waals surface area contributed by atoms with Gasteiger partial charge in [-0.1, -0.05) is 18.2 Å². The highest BCUT2D eigenvalue weighted by Crippen LogP contribution is 2.30. The number of hydrogen-bond donors (Lipinski definition) is 2. The number of amides is 2. The molecule has 0 spiro atoms. The molecule has 2 N–H and O–H groups in total. The fourth-order valence-electron chi connectivity index (χ4n) is 2.46. The highest BCUT2D eigenvalue weighted by atomic mass is 16.2. The van der Waals surface area contributed by atoms with E-state index in [1.807, 2.05) is 37.3 Å². The Balaban J connectivity index is 2.06. The molecule has 2 aromatic rings. The molecule has 2 amide bonds. The molecule has 1 unspecified atom stereocenters. The third kappa shape index (κ3) is 2.50. The summed E-state index contributed by atoms with van der Waals surface area (Å²) in [5.41, 5.74) is 5.33. The van der Waals surface area contributed by atoms with Gasteiger partial charge in [0.25, 0.3) is 5.91 Å². The number of aryl methyl sites for hydroxylation is 1. The number of hydrazine groups is 1. The minimum atomic E-state index is -0.550. The van der Waals surface area contributed by atoms with E-state index in [0.29, 0.717) is 11.3 Å². The molecule has 22 heavy (non-hydrogen) atoms. The Hall–Kier alpha value is -2.89. The first kappa shape index (κ1) is 14.1. The monoisotopic (exact) mass is 296 g/mol. The maximum absolute atomic E-state index is 12.7. The summed E-state index contributed by atoms with van der Waals surface area (Å²) in [7, 11) is 0. The lowest BCUT2D eigenvalue weighted by molar-refractivity contribution is -0.123. The van der Waals surface area contributed by atoms with Crippen molar-refractivity contribution in [1.29, 1.82) is 0 Å². The molecule has 0 radical (unpaired) electrons. The molecule has 0 saturated heterocycles. The Morgan fingerprint density at radius 1 is 1.23 bits per heavy atom. The minimum Gasteiger partial charge on any atom is -0.358 e. The number of nitrogens with one attached hydrogen (secondary N) is 2. The summed E-state index contributed by atoms with van der Waals surface area (Å²) < 4.78 is 0. The smallest absolute Gasteiger partial charge is 0.276 e. The van der Waals surface area contributed by atoms with E-state index < -0.39 is 6.17 Å². The van der Waals surface area contributed by atoms with Crippen LogP contribution in [0.4, 0.5) is 5.69 Å². The van der Waals surface area contributed by atoms with Gasteiger partial charge in [0.15, 0.2) is 6.17 Å². The number of carbonyl (C=O) groups is 2. The van der Waals surface area contributed by atoms with Crippen molar-refractivity contribution >= 4 is 17.5 Å². The number of pyridine rings is 1. The zero-order valence-corrected chi connectivity index (χ0v) is 12.3. The Morgan fingerprint density at radius 3 is 2.73 bits per heavy atom. The van der Waals surface area contributed by atoms with Crippen LogP contribution in [0.1, 0.15) is 34.8 Å².